The fraction of sp³-hybridized carbons (Fsp3) is 0.333. The van der Waals surface area contributed by atoms with Crippen LogP contribution in [0.2, 0.25) is 0 Å². The van der Waals surface area contributed by atoms with Crippen molar-refractivity contribution in [2.45, 2.75) is 33.4 Å². The molecule has 0 amide bonds. The molecule has 3 heteroatoms. The molecule has 1 nitrogen and oxygen atoms in total. The lowest BCUT2D eigenvalue weighted by atomic mass is 10.1. The molecule has 0 bridgehead atoms. The molecule has 18 heavy (non-hydrogen) atoms. The first-order valence-electron chi connectivity index (χ1n) is 6.14. The van der Waals surface area contributed by atoms with E-state index in [2.05, 4.69) is 19.2 Å². The van der Waals surface area contributed by atoms with E-state index >= 15 is 0 Å². The van der Waals surface area contributed by atoms with Gasteiger partial charge in [-0.2, -0.15) is 0 Å². The smallest absolute Gasteiger partial charge is 0.131 e. The second-order valence-electron chi connectivity index (χ2n) is 4.78. The number of hydrogen-bond acceptors (Lipinski definition) is 2. The average molecular weight is 263 g/mol. The predicted octanol–water partition coefficient (Wildman–Crippen LogP) is 4.36. The third kappa shape index (κ3) is 2.98. The van der Waals surface area contributed by atoms with Crippen molar-refractivity contribution < 1.29 is 4.39 Å². The van der Waals surface area contributed by atoms with Crippen LogP contribution in [-0.4, -0.2) is 6.04 Å². The van der Waals surface area contributed by atoms with Crippen LogP contribution in [0, 0.1) is 12.7 Å². The fourth-order valence-electron chi connectivity index (χ4n) is 1.83. The Bertz CT molecular complexity index is 531. The van der Waals surface area contributed by atoms with E-state index in [4.69, 9.17) is 0 Å². The number of thiophene rings is 1. The van der Waals surface area contributed by atoms with Gasteiger partial charge in [-0.3, -0.25) is 0 Å². The van der Waals surface area contributed by atoms with Crippen LogP contribution in [0.15, 0.2) is 29.6 Å². The highest BCUT2D eigenvalue weighted by Crippen LogP contribution is 2.31. The molecule has 96 valence electrons. The van der Waals surface area contributed by atoms with Crippen LogP contribution in [0.3, 0.4) is 0 Å². The third-order valence-electron chi connectivity index (χ3n) is 2.85. The van der Waals surface area contributed by atoms with Crippen molar-refractivity contribution in [2.24, 2.45) is 0 Å². The summed E-state index contributed by atoms with van der Waals surface area (Å²) in [5.41, 5.74) is 2.96. The van der Waals surface area contributed by atoms with Crippen molar-refractivity contribution in [1.29, 1.82) is 0 Å². The maximum Gasteiger partial charge on any atom is 0.131 e. The SMILES string of the molecule is Cc1ccsc1-c1cc(CNC(C)C)ccc1F. The monoisotopic (exact) mass is 263 g/mol. The Morgan fingerprint density at radius 3 is 2.67 bits per heavy atom. The van der Waals surface area contributed by atoms with Crippen molar-refractivity contribution in [3.05, 3.63) is 46.6 Å². The minimum atomic E-state index is -0.145. The van der Waals surface area contributed by atoms with Crippen LogP contribution >= 0.6 is 11.3 Å². The molecule has 1 aromatic carbocycles. The summed E-state index contributed by atoms with van der Waals surface area (Å²) in [7, 11) is 0. The second-order valence-corrected chi connectivity index (χ2v) is 5.70. The first-order valence-corrected chi connectivity index (χ1v) is 7.02. The minimum Gasteiger partial charge on any atom is -0.310 e. The highest BCUT2D eigenvalue weighted by molar-refractivity contribution is 7.13. The Hall–Kier alpha value is -1.19. The van der Waals surface area contributed by atoms with Gasteiger partial charge < -0.3 is 5.32 Å². The molecule has 0 unspecified atom stereocenters. The largest absolute Gasteiger partial charge is 0.310 e. The third-order valence-corrected chi connectivity index (χ3v) is 3.90. The molecule has 1 N–H and O–H groups in total. The van der Waals surface area contributed by atoms with Gasteiger partial charge in [0.2, 0.25) is 0 Å². The van der Waals surface area contributed by atoms with E-state index < -0.39 is 0 Å². The normalized spacial score (nSPS) is 11.2. The van der Waals surface area contributed by atoms with Crippen molar-refractivity contribution >= 4 is 11.3 Å². The fourth-order valence-corrected chi connectivity index (χ4v) is 2.77. The summed E-state index contributed by atoms with van der Waals surface area (Å²) in [5, 5.41) is 5.35. The van der Waals surface area contributed by atoms with Crippen molar-refractivity contribution in [2.75, 3.05) is 0 Å². The van der Waals surface area contributed by atoms with Crippen molar-refractivity contribution in [3.8, 4) is 10.4 Å². The summed E-state index contributed by atoms with van der Waals surface area (Å²) < 4.78 is 13.9. The van der Waals surface area contributed by atoms with Gasteiger partial charge in [-0.25, -0.2) is 4.39 Å². The number of benzene rings is 1. The zero-order valence-electron chi connectivity index (χ0n) is 11.0. The lowest BCUT2D eigenvalue weighted by molar-refractivity contribution is 0.586. The summed E-state index contributed by atoms with van der Waals surface area (Å²) in [6, 6.07) is 7.81. The number of aryl methyl sites for hydroxylation is 1. The van der Waals surface area contributed by atoms with E-state index in [9.17, 15) is 4.39 Å². The Labute approximate surface area is 112 Å². The maximum atomic E-state index is 13.9. The molecule has 0 saturated heterocycles. The van der Waals surface area contributed by atoms with Gasteiger partial charge in [0.25, 0.3) is 0 Å². The molecular formula is C15H18FNS. The summed E-state index contributed by atoms with van der Waals surface area (Å²) in [6.45, 7) is 7.00. The zero-order valence-corrected chi connectivity index (χ0v) is 11.8. The van der Waals surface area contributed by atoms with Crippen molar-refractivity contribution in [3.63, 3.8) is 0 Å². The van der Waals surface area contributed by atoms with Gasteiger partial charge in [0.15, 0.2) is 0 Å². The first kappa shape index (κ1) is 13.2. The zero-order chi connectivity index (χ0) is 13.1. The van der Waals surface area contributed by atoms with Gasteiger partial charge in [-0.05, 0) is 41.6 Å². The summed E-state index contributed by atoms with van der Waals surface area (Å²) >= 11 is 1.59. The molecule has 0 radical (unpaired) electrons. The van der Waals surface area contributed by atoms with E-state index in [1.54, 1.807) is 17.4 Å². The molecule has 0 aliphatic heterocycles. The van der Waals surface area contributed by atoms with Crippen LogP contribution in [-0.2, 0) is 6.54 Å². The van der Waals surface area contributed by atoms with Crippen LogP contribution in [0.1, 0.15) is 25.0 Å². The quantitative estimate of drug-likeness (QED) is 0.864. The van der Waals surface area contributed by atoms with Gasteiger partial charge in [0, 0.05) is 23.0 Å². The summed E-state index contributed by atoms with van der Waals surface area (Å²) in [4.78, 5) is 1.03. The van der Waals surface area contributed by atoms with Gasteiger partial charge in [-0.1, -0.05) is 19.9 Å². The molecule has 0 spiro atoms. The second kappa shape index (κ2) is 5.63. The maximum absolute atomic E-state index is 13.9. The van der Waals surface area contributed by atoms with Crippen LogP contribution in [0.25, 0.3) is 10.4 Å². The van der Waals surface area contributed by atoms with Gasteiger partial charge in [-0.15, -0.1) is 11.3 Å². The molecule has 0 aliphatic rings. The van der Waals surface area contributed by atoms with E-state index in [0.717, 1.165) is 22.5 Å². The topological polar surface area (TPSA) is 12.0 Å². The van der Waals surface area contributed by atoms with Gasteiger partial charge in [0.05, 0.1) is 0 Å². The molecule has 2 rings (SSSR count). The molecule has 0 atom stereocenters. The highest BCUT2D eigenvalue weighted by Gasteiger charge is 2.10. The molecule has 1 aromatic heterocycles. The number of halogens is 1. The summed E-state index contributed by atoms with van der Waals surface area (Å²) in [6.07, 6.45) is 0. The Kier molecular flexibility index (Phi) is 4.15. The first-order chi connectivity index (χ1) is 8.58. The average Bonchev–Trinajstić information content (AvgIpc) is 2.74. The van der Waals surface area contributed by atoms with E-state index in [0.29, 0.717) is 11.6 Å². The lowest BCUT2D eigenvalue weighted by Crippen LogP contribution is -2.21. The lowest BCUT2D eigenvalue weighted by Gasteiger charge is -2.10. The number of nitrogens with one attached hydrogen (secondary N) is 1. The minimum absolute atomic E-state index is 0.145. The highest BCUT2D eigenvalue weighted by atomic mass is 32.1. The van der Waals surface area contributed by atoms with E-state index in [-0.39, 0.29) is 5.82 Å². The van der Waals surface area contributed by atoms with Gasteiger partial charge >= 0.3 is 0 Å². The number of hydrogen-bond donors (Lipinski definition) is 1. The van der Waals surface area contributed by atoms with Gasteiger partial charge in [0.1, 0.15) is 5.82 Å². The molecule has 2 aromatic rings. The predicted molar refractivity (Wildman–Crippen MR) is 76.4 cm³/mol. The van der Waals surface area contributed by atoms with Crippen LogP contribution in [0.4, 0.5) is 4.39 Å². The molecule has 0 fully saturated rings. The standard InChI is InChI=1S/C15H18FNS/c1-10(2)17-9-12-4-5-14(16)13(8-12)15-11(3)6-7-18-15/h4-8,10,17H,9H2,1-3H3. The molecule has 0 saturated carbocycles. The van der Waals surface area contributed by atoms with Crippen LogP contribution in [0.5, 0.6) is 0 Å². The van der Waals surface area contributed by atoms with E-state index in [1.165, 1.54) is 0 Å². The van der Waals surface area contributed by atoms with Crippen LogP contribution < -0.4 is 5.32 Å². The molecule has 1 heterocycles. The Morgan fingerprint density at radius 2 is 2.06 bits per heavy atom. The molecular weight excluding hydrogens is 245 g/mol. The molecule has 0 aliphatic carbocycles. The summed E-state index contributed by atoms with van der Waals surface area (Å²) in [5.74, 6) is -0.145. The Balaban J connectivity index is 2.30. The Morgan fingerprint density at radius 1 is 1.28 bits per heavy atom. The van der Waals surface area contributed by atoms with Crippen molar-refractivity contribution in [1.82, 2.24) is 5.32 Å². The van der Waals surface area contributed by atoms with E-state index in [1.807, 2.05) is 30.5 Å². The number of rotatable bonds is 4.